The van der Waals surface area contributed by atoms with Gasteiger partial charge in [0.25, 0.3) is 0 Å². The molecule has 1 N–H and O–H groups in total. The largest absolute Gasteiger partial charge is 0.370 e. The average molecular weight is 278 g/mol. The van der Waals surface area contributed by atoms with Crippen LogP contribution in [0.2, 0.25) is 0 Å². The molecule has 0 saturated heterocycles. The van der Waals surface area contributed by atoms with Gasteiger partial charge < -0.3 is 5.32 Å². The third-order valence-electron chi connectivity index (χ3n) is 3.13. The number of hydrogen-bond acceptors (Lipinski definition) is 4. The van der Waals surface area contributed by atoms with Crippen LogP contribution in [0.5, 0.6) is 0 Å². The summed E-state index contributed by atoms with van der Waals surface area (Å²) in [5.74, 6) is 2.51. The highest BCUT2D eigenvalue weighted by Crippen LogP contribution is 2.12. The lowest BCUT2D eigenvalue weighted by Crippen LogP contribution is -2.34. The molecule has 0 aliphatic carbocycles. The number of hydrogen-bond donors (Lipinski definition) is 1. The van der Waals surface area contributed by atoms with E-state index in [-0.39, 0.29) is 0 Å². The molecule has 1 heterocycles. The number of nitrogens with zero attached hydrogens (tertiary/aromatic N) is 3. The Bertz CT molecular complexity index is 401. The maximum Gasteiger partial charge on any atom is 0.144 e. The van der Waals surface area contributed by atoms with Gasteiger partial charge in [-0.1, -0.05) is 20.8 Å². The third-order valence-corrected chi connectivity index (χ3v) is 3.13. The van der Waals surface area contributed by atoms with Gasteiger partial charge in [0.05, 0.1) is 6.54 Å². The van der Waals surface area contributed by atoms with E-state index in [2.05, 4.69) is 54.8 Å². The monoisotopic (exact) mass is 278 g/mol. The number of anilines is 1. The van der Waals surface area contributed by atoms with Gasteiger partial charge in [-0.15, -0.1) is 0 Å². The van der Waals surface area contributed by atoms with Gasteiger partial charge in [0.2, 0.25) is 0 Å². The van der Waals surface area contributed by atoms with Crippen LogP contribution in [-0.2, 0) is 6.54 Å². The lowest BCUT2D eigenvalue weighted by molar-refractivity contribution is 0.184. The molecule has 114 valence electrons. The van der Waals surface area contributed by atoms with Gasteiger partial charge in [-0.2, -0.15) is 0 Å². The molecule has 0 saturated carbocycles. The summed E-state index contributed by atoms with van der Waals surface area (Å²) in [4.78, 5) is 11.6. The Balaban J connectivity index is 2.80. The van der Waals surface area contributed by atoms with Crippen molar-refractivity contribution >= 4 is 5.82 Å². The lowest BCUT2D eigenvalue weighted by Gasteiger charge is -2.27. The molecular formula is C16H30N4. The second-order valence-corrected chi connectivity index (χ2v) is 6.15. The Hall–Kier alpha value is -1.16. The van der Waals surface area contributed by atoms with Crippen molar-refractivity contribution < 1.29 is 0 Å². The van der Waals surface area contributed by atoms with Crippen LogP contribution >= 0.6 is 0 Å². The lowest BCUT2D eigenvalue weighted by atomic mass is 10.2. The zero-order chi connectivity index (χ0) is 15.1. The summed E-state index contributed by atoms with van der Waals surface area (Å²) in [5.41, 5.74) is 1.03. The molecule has 4 heteroatoms. The van der Waals surface area contributed by atoms with Crippen LogP contribution in [-0.4, -0.2) is 34.0 Å². The van der Waals surface area contributed by atoms with Gasteiger partial charge in [-0.3, -0.25) is 4.90 Å². The number of aryl methyl sites for hydroxylation is 1. The first-order chi connectivity index (χ1) is 9.42. The van der Waals surface area contributed by atoms with Gasteiger partial charge in [-0.25, -0.2) is 9.97 Å². The van der Waals surface area contributed by atoms with Crippen LogP contribution < -0.4 is 5.32 Å². The zero-order valence-corrected chi connectivity index (χ0v) is 13.9. The van der Waals surface area contributed by atoms with E-state index in [1.54, 1.807) is 0 Å². The first-order valence-corrected chi connectivity index (χ1v) is 7.74. The molecule has 0 fully saturated rings. The second kappa shape index (κ2) is 8.20. The smallest absolute Gasteiger partial charge is 0.144 e. The van der Waals surface area contributed by atoms with Gasteiger partial charge in [0, 0.05) is 30.9 Å². The van der Waals surface area contributed by atoms with Crippen molar-refractivity contribution in [1.29, 1.82) is 0 Å². The highest BCUT2D eigenvalue weighted by molar-refractivity contribution is 5.35. The van der Waals surface area contributed by atoms with Crippen LogP contribution in [0, 0.1) is 12.8 Å². The van der Waals surface area contributed by atoms with Crippen molar-refractivity contribution in [2.24, 2.45) is 5.92 Å². The molecule has 0 spiro atoms. The van der Waals surface area contributed by atoms with Crippen molar-refractivity contribution in [1.82, 2.24) is 14.9 Å². The molecule has 0 aromatic carbocycles. The molecule has 0 amide bonds. The molecule has 0 aliphatic heterocycles. The van der Waals surface area contributed by atoms with Crippen LogP contribution in [0.1, 0.15) is 52.6 Å². The summed E-state index contributed by atoms with van der Waals surface area (Å²) in [5, 5.41) is 3.35. The van der Waals surface area contributed by atoms with E-state index in [0.29, 0.717) is 12.0 Å². The summed E-state index contributed by atoms with van der Waals surface area (Å²) in [6, 6.07) is 2.52. The Morgan fingerprint density at radius 3 is 2.45 bits per heavy atom. The number of aromatic nitrogens is 2. The summed E-state index contributed by atoms with van der Waals surface area (Å²) in [6.45, 7) is 16.0. The first-order valence-electron chi connectivity index (χ1n) is 7.74. The molecule has 4 nitrogen and oxygen atoms in total. The van der Waals surface area contributed by atoms with E-state index >= 15 is 0 Å². The summed E-state index contributed by atoms with van der Waals surface area (Å²) in [6.07, 6.45) is 1.10. The third kappa shape index (κ3) is 5.87. The maximum atomic E-state index is 4.64. The molecule has 1 aromatic heterocycles. The maximum absolute atomic E-state index is 4.64. The number of rotatable bonds is 8. The minimum absolute atomic E-state index is 0.508. The molecule has 20 heavy (non-hydrogen) atoms. The highest BCUT2D eigenvalue weighted by Gasteiger charge is 2.14. The predicted octanol–water partition coefficient (Wildman–Crippen LogP) is 3.47. The van der Waals surface area contributed by atoms with E-state index in [1.807, 2.05) is 13.0 Å². The van der Waals surface area contributed by atoms with Crippen molar-refractivity contribution in [3.05, 3.63) is 17.6 Å². The van der Waals surface area contributed by atoms with E-state index in [0.717, 1.165) is 43.4 Å². The fraction of sp³-hybridized carbons (Fsp3) is 0.750. The molecule has 0 bridgehead atoms. The SMILES string of the molecule is CCCNc1cc(C)nc(CN(CC(C)C)C(C)C)n1. The Labute approximate surface area is 124 Å². The molecule has 1 rings (SSSR count). The van der Waals surface area contributed by atoms with E-state index in [1.165, 1.54) is 0 Å². The van der Waals surface area contributed by atoms with Crippen molar-refractivity contribution in [2.75, 3.05) is 18.4 Å². The van der Waals surface area contributed by atoms with E-state index in [4.69, 9.17) is 0 Å². The van der Waals surface area contributed by atoms with Gasteiger partial charge in [0.1, 0.15) is 11.6 Å². The molecule has 0 unspecified atom stereocenters. The molecule has 0 atom stereocenters. The minimum atomic E-state index is 0.508. The van der Waals surface area contributed by atoms with Crippen LogP contribution in [0.4, 0.5) is 5.82 Å². The Morgan fingerprint density at radius 1 is 1.20 bits per heavy atom. The van der Waals surface area contributed by atoms with Gasteiger partial charge in [-0.05, 0) is 33.1 Å². The van der Waals surface area contributed by atoms with E-state index in [9.17, 15) is 0 Å². The number of nitrogens with one attached hydrogen (secondary N) is 1. The summed E-state index contributed by atoms with van der Waals surface area (Å²) >= 11 is 0. The molecule has 0 aliphatic rings. The topological polar surface area (TPSA) is 41.1 Å². The Kier molecular flexibility index (Phi) is 6.93. The van der Waals surface area contributed by atoms with Crippen LogP contribution in [0.25, 0.3) is 0 Å². The minimum Gasteiger partial charge on any atom is -0.370 e. The molecule has 1 aromatic rings. The van der Waals surface area contributed by atoms with E-state index < -0.39 is 0 Å². The van der Waals surface area contributed by atoms with Crippen molar-refractivity contribution in [2.45, 2.75) is 60.5 Å². The fourth-order valence-corrected chi connectivity index (χ4v) is 2.15. The Morgan fingerprint density at radius 2 is 1.90 bits per heavy atom. The fourth-order valence-electron chi connectivity index (χ4n) is 2.15. The van der Waals surface area contributed by atoms with Crippen LogP contribution in [0.3, 0.4) is 0 Å². The summed E-state index contributed by atoms with van der Waals surface area (Å²) in [7, 11) is 0. The normalized spacial score (nSPS) is 11.7. The highest BCUT2D eigenvalue weighted by atomic mass is 15.2. The average Bonchev–Trinajstić information content (AvgIpc) is 2.34. The van der Waals surface area contributed by atoms with Gasteiger partial charge >= 0.3 is 0 Å². The standard InChI is InChI=1S/C16H30N4/c1-7-8-17-15-9-14(6)18-16(19-15)11-20(13(4)5)10-12(2)3/h9,12-13H,7-8,10-11H2,1-6H3,(H,17,18,19). The molecule has 0 radical (unpaired) electrons. The first kappa shape index (κ1) is 16.9. The van der Waals surface area contributed by atoms with Crippen molar-refractivity contribution in [3.63, 3.8) is 0 Å². The zero-order valence-electron chi connectivity index (χ0n) is 13.9. The van der Waals surface area contributed by atoms with Crippen LogP contribution in [0.15, 0.2) is 6.07 Å². The predicted molar refractivity (Wildman–Crippen MR) is 85.9 cm³/mol. The van der Waals surface area contributed by atoms with Crippen molar-refractivity contribution in [3.8, 4) is 0 Å². The van der Waals surface area contributed by atoms with Gasteiger partial charge in [0.15, 0.2) is 0 Å². The molecular weight excluding hydrogens is 248 g/mol. The summed E-state index contributed by atoms with van der Waals surface area (Å²) < 4.78 is 0. The quantitative estimate of drug-likeness (QED) is 0.790. The second-order valence-electron chi connectivity index (χ2n) is 6.15.